The lowest BCUT2D eigenvalue weighted by atomic mass is 9.93. The molecule has 0 radical (unpaired) electrons. The Morgan fingerprint density at radius 1 is 1.58 bits per heavy atom. The normalized spacial score (nSPS) is 30.3. The van der Waals surface area contributed by atoms with Crippen LogP contribution in [0.25, 0.3) is 0 Å². The number of nitrogens with one attached hydrogen (secondary N) is 2. The molecule has 7 heteroatoms. The average Bonchev–Trinajstić information content (AvgIpc) is 2.95. The summed E-state index contributed by atoms with van der Waals surface area (Å²) < 4.78 is 0. The second-order valence-electron chi connectivity index (χ2n) is 5.10. The number of rotatable bonds is 3. The molecular weight excluding hydrogens is 250 g/mol. The first-order valence-corrected chi connectivity index (χ1v) is 6.58. The van der Waals surface area contributed by atoms with E-state index in [4.69, 9.17) is 0 Å². The maximum Gasteiger partial charge on any atom is 0.329 e. The molecule has 2 aliphatic rings. The van der Waals surface area contributed by atoms with Gasteiger partial charge in [0.1, 0.15) is 5.54 Å². The molecule has 19 heavy (non-hydrogen) atoms. The Bertz CT molecular complexity index is 412. The van der Waals surface area contributed by atoms with Gasteiger partial charge in [-0.1, -0.05) is 6.92 Å². The van der Waals surface area contributed by atoms with Gasteiger partial charge in [0.25, 0.3) is 0 Å². The van der Waals surface area contributed by atoms with E-state index in [2.05, 4.69) is 10.6 Å². The minimum atomic E-state index is -1.10. The smallest absolute Gasteiger partial charge is 0.329 e. The Kier molecular flexibility index (Phi) is 3.64. The molecule has 2 aliphatic heterocycles. The van der Waals surface area contributed by atoms with E-state index >= 15 is 0 Å². The van der Waals surface area contributed by atoms with Gasteiger partial charge in [-0.3, -0.25) is 4.79 Å². The monoisotopic (exact) mass is 269 g/mol. The van der Waals surface area contributed by atoms with Gasteiger partial charge in [-0.15, -0.1) is 0 Å². The molecular formula is C12H19N3O4. The molecule has 2 atom stereocenters. The maximum absolute atomic E-state index is 12.2. The second kappa shape index (κ2) is 5.07. The standard InChI is InChI=1S/C12H19N3O4/c1-2-12(10(17)18)4-3-5-15(12)11(19)14-8-6-9(16)13-7-8/h8H,2-7H2,1H3,(H,13,16)(H,14,19)(H,17,18). The fraction of sp³-hybridized carbons (Fsp3) is 0.750. The number of carboxylic acid groups (broad SMARTS) is 1. The summed E-state index contributed by atoms with van der Waals surface area (Å²) in [5.41, 5.74) is -1.10. The van der Waals surface area contributed by atoms with E-state index in [0.29, 0.717) is 32.4 Å². The van der Waals surface area contributed by atoms with E-state index in [9.17, 15) is 19.5 Å². The highest BCUT2D eigenvalue weighted by atomic mass is 16.4. The molecule has 0 bridgehead atoms. The summed E-state index contributed by atoms with van der Waals surface area (Å²) in [5.74, 6) is -1.05. The maximum atomic E-state index is 12.2. The van der Waals surface area contributed by atoms with Crippen molar-refractivity contribution in [2.45, 2.75) is 44.2 Å². The Labute approximate surface area is 111 Å². The van der Waals surface area contributed by atoms with Crippen molar-refractivity contribution < 1.29 is 19.5 Å². The van der Waals surface area contributed by atoms with Crippen molar-refractivity contribution >= 4 is 17.9 Å². The van der Waals surface area contributed by atoms with E-state index < -0.39 is 11.5 Å². The lowest BCUT2D eigenvalue weighted by Crippen LogP contribution is -2.57. The van der Waals surface area contributed by atoms with Gasteiger partial charge in [-0.05, 0) is 19.3 Å². The van der Waals surface area contributed by atoms with Crippen LogP contribution in [0.5, 0.6) is 0 Å². The molecule has 2 unspecified atom stereocenters. The first kappa shape index (κ1) is 13.6. The van der Waals surface area contributed by atoms with Gasteiger partial charge in [0, 0.05) is 19.5 Å². The van der Waals surface area contributed by atoms with Gasteiger partial charge in [0.2, 0.25) is 5.91 Å². The Morgan fingerprint density at radius 2 is 2.32 bits per heavy atom. The van der Waals surface area contributed by atoms with Crippen molar-refractivity contribution in [3.8, 4) is 0 Å². The summed E-state index contributed by atoms with van der Waals surface area (Å²) in [7, 11) is 0. The Hall–Kier alpha value is -1.79. The highest BCUT2D eigenvalue weighted by Crippen LogP contribution is 2.32. The number of carboxylic acids is 1. The zero-order valence-electron chi connectivity index (χ0n) is 10.9. The molecule has 0 saturated carbocycles. The van der Waals surface area contributed by atoms with Crippen LogP contribution in [0.4, 0.5) is 4.79 Å². The molecule has 0 spiro atoms. The zero-order valence-corrected chi connectivity index (χ0v) is 10.9. The summed E-state index contributed by atoms with van der Waals surface area (Å²) in [5, 5.41) is 14.8. The highest BCUT2D eigenvalue weighted by molar-refractivity contribution is 5.88. The second-order valence-corrected chi connectivity index (χ2v) is 5.10. The highest BCUT2D eigenvalue weighted by Gasteiger charge is 2.49. The van der Waals surface area contributed by atoms with Gasteiger partial charge in [0.05, 0.1) is 6.04 Å². The third kappa shape index (κ3) is 2.36. The molecule has 3 amide bonds. The van der Waals surface area contributed by atoms with E-state index in [-0.39, 0.29) is 24.4 Å². The van der Waals surface area contributed by atoms with E-state index in [0.717, 1.165) is 0 Å². The van der Waals surface area contributed by atoms with Crippen LogP contribution in [-0.2, 0) is 9.59 Å². The number of nitrogens with zero attached hydrogens (tertiary/aromatic N) is 1. The number of hydrogen-bond donors (Lipinski definition) is 3. The topological polar surface area (TPSA) is 98.7 Å². The number of urea groups is 1. The van der Waals surface area contributed by atoms with Crippen LogP contribution in [0, 0.1) is 0 Å². The molecule has 2 rings (SSSR count). The van der Waals surface area contributed by atoms with Crippen molar-refractivity contribution in [3.63, 3.8) is 0 Å². The largest absolute Gasteiger partial charge is 0.479 e. The van der Waals surface area contributed by atoms with Crippen molar-refractivity contribution in [1.82, 2.24) is 15.5 Å². The fourth-order valence-electron chi connectivity index (χ4n) is 2.88. The quantitative estimate of drug-likeness (QED) is 0.667. The minimum Gasteiger partial charge on any atom is -0.479 e. The first-order chi connectivity index (χ1) is 8.99. The number of likely N-dealkylation sites (tertiary alicyclic amines) is 1. The van der Waals surface area contributed by atoms with Crippen LogP contribution >= 0.6 is 0 Å². The molecule has 3 N–H and O–H groups in total. The molecule has 0 aromatic rings. The van der Waals surface area contributed by atoms with Gasteiger partial charge < -0.3 is 20.6 Å². The van der Waals surface area contributed by atoms with Gasteiger partial charge in [0.15, 0.2) is 0 Å². The Morgan fingerprint density at radius 3 is 2.84 bits per heavy atom. The third-order valence-electron chi connectivity index (χ3n) is 4.02. The van der Waals surface area contributed by atoms with E-state index in [1.54, 1.807) is 6.92 Å². The van der Waals surface area contributed by atoms with E-state index in [1.807, 2.05) is 0 Å². The zero-order chi connectivity index (χ0) is 14.0. The molecule has 2 fully saturated rings. The fourth-order valence-corrected chi connectivity index (χ4v) is 2.88. The third-order valence-corrected chi connectivity index (χ3v) is 4.02. The predicted molar refractivity (Wildman–Crippen MR) is 66.5 cm³/mol. The Balaban J connectivity index is 2.05. The molecule has 2 heterocycles. The van der Waals surface area contributed by atoms with Gasteiger partial charge >= 0.3 is 12.0 Å². The molecule has 7 nitrogen and oxygen atoms in total. The van der Waals surface area contributed by atoms with Gasteiger partial charge in [-0.25, -0.2) is 9.59 Å². The minimum absolute atomic E-state index is 0.0910. The molecule has 2 saturated heterocycles. The molecule has 0 aromatic carbocycles. The summed E-state index contributed by atoms with van der Waals surface area (Å²) in [6, 6.07) is -0.632. The number of aliphatic carboxylic acids is 1. The summed E-state index contributed by atoms with van der Waals surface area (Å²) in [6.45, 7) is 2.63. The lowest BCUT2D eigenvalue weighted by Gasteiger charge is -2.34. The van der Waals surface area contributed by atoms with Crippen molar-refractivity contribution in [2.24, 2.45) is 0 Å². The molecule has 0 aliphatic carbocycles. The lowest BCUT2D eigenvalue weighted by molar-refractivity contribution is -0.148. The van der Waals surface area contributed by atoms with Crippen LogP contribution in [0.3, 0.4) is 0 Å². The molecule has 106 valence electrons. The SMILES string of the molecule is CCC1(C(=O)O)CCCN1C(=O)NC1CNC(=O)C1. The van der Waals surface area contributed by atoms with Crippen LogP contribution in [-0.4, -0.2) is 52.6 Å². The number of carbonyl (C=O) groups excluding carboxylic acids is 2. The number of hydrogen-bond acceptors (Lipinski definition) is 3. The van der Waals surface area contributed by atoms with Crippen LogP contribution in [0.15, 0.2) is 0 Å². The van der Waals surface area contributed by atoms with Crippen LogP contribution in [0.1, 0.15) is 32.6 Å². The number of carbonyl (C=O) groups is 3. The number of amides is 3. The van der Waals surface area contributed by atoms with Crippen LogP contribution in [0.2, 0.25) is 0 Å². The average molecular weight is 269 g/mol. The predicted octanol–water partition coefficient (Wildman–Crippen LogP) is -0.0863. The first-order valence-electron chi connectivity index (χ1n) is 6.58. The van der Waals surface area contributed by atoms with Crippen LogP contribution < -0.4 is 10.6 Å². The van der Waals surface area contributed by atoms with Crippen molar-refractivity contribution in [1.29, 1.82) is 0 Å². The van der Waals surface area contributed by atoms with Gasteiger partial charge in [-0.2, -0.15) is 0 Å². The summed E-state index contributed by atoms with van der Waals surface area (Å²) in [6.07, 6.45) is 1.81. The van der Waals surface area contributed by atoms with Crippen molar-refractivity contribution in [3.05, 3.63) is 0 Å². The van der Waals surface area contributed by atoms with Crippen molar-refractivity contribution in [2.75, 3.05) is 13.1 Å². The molecule has 0 aromatic heterocycles. The van der Waals surface area contributed by atoms with E-state index in [1.165, 1.54) is 4.90 Å². The summed E-state index contributed by atoms with van der Waals surface area (Å²) in [4.78, 5) is 36.1. The summed E-state index contributed by atoms with van der Waals surface area (Å²) >= 11 is 0.